The maximum absolute atomic E-state index is 5.44. The average molecular weight is 239 g/mol. The van der Waals surface area contributed by atoms with Crippen molar-refractivity contribution >= 4 is 11.3 Å². The molecule has 1 aliphatic heterocycles. The van der Waals surface area contributed by atoms with Crippen LogP contribution in [0.3, 0.4) is 0 Å². The summed E-state index contributed by atoms with van der Waals surface area (Å²) >= 11 is 1.90. The molecular formula is C13H21NOS. The van der Waals surface area contributed by atoms with Crippen molar-refractivity contribution in [3.63, 3.8) is 0 Å². The van der Waals surface area contributed by atoms with Crippen molar-refractivity contribution < 1.29 is 4.74 Å². The maximum atomic E-state index is 5.44. The van der Waals surface area contributed by atoms with E-state index in [4.69, 9.17) is 4.74 Å². The Kier molecular flexibility index (Phi) is 4.38. The largest absolute Gasteiger partial charge is 0.381 e. The van der Waals surface area contributed by atoms with Gasteiger partial charge in [0.1, 0.15) is 0 Å². The van der Waals surface area contributed by atoms with Crippen LogP contribution in [-0.4, -0.2) is 20.3 Å². The third-order valence-corrected chi connectivity index (χ3v) is 4.53. The summed E-state index contributed by atoms with van der Waals surface area (Å²) in [6.07, 6.45) is 3.51. The van der Waals surface area contributed by atoms with Crippen LogP contribution in [0.5, 0.6) is 0 Å². The van der Waals surface area contributed by atoms with Gasteiger partial charge in [0.2, 0.25) is 0 Å². The first-order valence-corrected chi connectivity index (χ1v) is 7.06. The van der Waals surface area contributed by atoms with Gasteiger partial charge in [-0.1, -0.05) is 6.92 Å². The molecule has 0 radical (unpaired) electrons. The molecular weight excluding hydrogens is 218 g/mol. The Labute approximate surface area is 102 Å². The Morgan fingerprint density at radius 1 is 1.50 bits per heavy atom. The van der Waals surface area contributed by atoms with Crippen LogP contribution < -0.4 is 5.32 Å². The first-order chi connectivity index (χ1) is 7.86. The van der Waals surface area contributed by atoms with Gasteiger partial charge in [0.15, 0.2) is 0 Å². The summed E-state index contributed by atoms with van der Waals surface area (Å²) in [6, 6.07) is 2.79. The molecule has 1 unspecified atom stereocenters. The Morgan fingerprint density at radius 3 is 2.88 bits per heavy atom. The van der Waals surface area contributed by atoms with Crippen molar-refractivity contribution in [2.45, 2.75) is 32.2 Å². The lowest BCUT2D eigenvalue weighted by molar-refractivity contribution is 0.0549. The molecule has 3 heteroatoms. The fourth-order valence-electron chi connectivity index (χ4n) is 2.54. The van der Waals surface area contributed by atoms with Gasteiger partial charge in [-0.3, -0.25) is 0 Å². The van der Waals surface area contributed by atoms with Crippen LogP contribution in [0.25, 0.3) is 0 Å². The predicted octanol–water partition coefficient (Wildman–Crippen LogP) is 3.00. The van der Waals surface area contributed by atoms with Crippen molar-refractivity contribution in [3.8, 4) is 0 Å². The quantitative estimate of drug-likeness (QED) is 0.872. The molecule has 0 amide bonds. The Balaban J connectivity index is 2.14. The number of ether oxygens (including phenoxy) is 1. The minimum atomic E-state index is 0.527. The molecule has 1 saturated heterocycles. The van der Waals surface area contributed by atoms with Gasteiger partial charge in [-0.2, -0.15) is 0 Å². The number of rotatable bonds is 4. The van der Waals surface area contributed by atoms with Crippen LogP contribution in [0, 0.1) is 5.92 Å². The molecule has 2 heterocycles. The number of nitrogens with one attached hydrogen (secondary N) is 1. The van der Waals surface area contributed by atoms with E-state index < -0.39 is 0 Å². The van der Waals surface area contributed by atoms with Gasteiger partial charge in [0.25, 0.3) is 0 Å². The van der Waals surface area contributed by atoms with Gasteiger partial charge < -0.3 is 10.1 Å². The van der Waals surface area contributed by atoms with Gasteiger partial charge >= 0.3 is 0 Å². The van der Waals surface area contributed by atoms with Crippen LogP contribution >= 0.6 is 11.3 Å². The predicted molar refractivity (Wildman–Crippen MR) is 69.0 cm³/mol. The van der Waals surface area contributed by atoms with Crippen LogP contribution in [-0.2, 0) is 11.2 Å². The second-order valence-electron chi connectivity index (χ2n) is 4.38. The molecule has 0 bridgehead atoms. The topological polar surface area (TPSA) is 21.3 Å². The molecule has 16 heavy (non-hydrogen) atoms. The first kappa shape index (κ1) is 12.1. The molecule has 1 aromatic heterocycles. The molecule has 1 aromatic rings. The average Bonchev–Trinajstić information content (AvgIpc) is 2.80. The monoisotopic (exact) mass is 239 g/mol. The summed E-state index contributed by atoms with van der Waals surface area (Å²) < 4.78 is 5.44. The lowest BCUT2D eigenvalue weighted by atomic mass is 9.89. The molecule has 0 saturated carbocycles. The Hall–Kier alpha value is -0.380. The van der Waals surface area contributed by atoms with Crippen LogP contribution in [0.4, 0.5) is 0 Å². The number of thiophene rings is 1. The minimum Gasteiger partial charge on any atom is -0.381 e. The Bertz CT molecular complexity index is 317. The lowest BCUT2D eigenvalue weighted by Gasteiger charge is -2.30. The van der Waals surface area contributed by atoms with Gasteiger partial charge in [-0.25, -0.2) is 0 Å². The zero-order valence-electron chi connectivity index (χ0n) is 10.2. The molecule has 1 aliphatic rings. The summed E-state index contributed by atoms with van der Waals surface area (Å²) in [4.78, 5) is 1.54. The molecule has 0 aromatic carbocycles. The molecule has 90 valence electrons. The SMILES string of the molecule is CCc1ccsc1C(NC)C1CCOCC1. The second-order valence-corrected chi connectivity index (χ2v) is 5.33. The fourth-order valence-corrected chi connectivity index (χ4v) is 3.74. The molecule has 2 nitrogen and oxygen atoms in total. The molecule has 1 atom stereocenters. The van der Waals surface area contributed by atoms with E-state index >= 15 is 0 Å². The second kappa shape index (κ2) is 5.80. The van der Waals surface area contributed by atoms with E-state index in [2.05, 4.69) is 30.7 Å². The van der Waals surface area contributed by atoms with E-state index in [1.54, 1.807) is 0 Å². The van der Waals surface area contributed by atoms with Gasteiger partial charge in [-0.15, -0.1) is 11.3 Å². The number of aryl methyl sites for hydroxylation is 1. The highest BCUT2D eigenvalue weighted by Gasteiger charge is 2.26. The van der Waals surface area contributed by atoms with E-state index in [1.807, 2.05) is 11.3 Å². The maximum Gasteiger partial charge on any atom is 0.0469 e. The van der Waals surface area contributed by atoms with Crippen molar-refractivity contribution in [2.75, 3.05) is 20.3 Å². The van der Waals surface area contributed by atoms with E-state index in [0.29, 0.717) is 6.04 Å². The first-order valence-electron chi connectivity index (χ1n) is 6.18. The lowest BCUT2D eigenvalue weighted by Crippen LogP contribution is -2.29. The van der Waals surface area contributed by atoms with Crippen LogP contribution in [0.1, 0.15) is 36.2 Å². The van der Waals surface area contributed by atoms with E-state index in [-0.39, 0.29) is 0 Å². The van der Waals surface area contributed by atoms with E-state index in [9.17, 15) is 0 Å². The van der Waals surface area contributed by atoms with Crippen molar-refractivity contribution in [1.29, 1.82) is 0 Å². The Morgan fingerprint density at radius 2 is 2.25 bits per heavy atom. The van der Waals surface area contributed by atoms with Crippen molar-refractivity contribution in [2.24, 2.45) is 5.92 Å². The smallest absolute Gasteiger partial charge is 0.0469 e. The van der Waals surface area contributed by atoms with Crippen LogP contribution in [0.15, 0.2) is 11.4 Å². The summed E-state index contributed by atoms with van der Waals surface area (Å²) in [5, 5.41) is 5.72. The zero-order valence-corrected chi connectivity index (χ0v) is 11.0. The molecule has 0 aliphatic carbocycles. The summed E-state index contributed by atoms with van der Waals surface area (Å²) in [6.45, 7) is 4.09. The summed E-state index contributed by atoms with van der Waals surface area (Å²) in [5.74, 6) is 0.739. The molecule has 1 N–H and O–H groups in total. The number of hydrogen-bond donors (Lipinski definition) is 1. The standard InChI is InChI=1S/C13H21NOS/c1-3-10-6-9-16-13(10)12(14-2)11-4-7-15-8-5-11/h6,9,11-12,14H,3-5,7-8H2,1-2H3. The third kappa shape index (κ3) is 2.47. The highest BCUT2D eigenvalue weighted by Crippen LogP contribution is 2.34. The third-order valence-electron chi connectivity index (χ3n) is 3.49. The number of hydrogen-bond acceptors (Lipinski definition) is 3. The van der Waals surface area contributed by atoms with Crippen LogP contribution in [0.2, 0.25) is 0 Å². The normalized spacial score (nSPS) is 19.9. The molecule has 0 spiro atoms. The van der Waals surface area contributed by atoms with E-state index in [0.717, 1.165) is 25.6 Å². The molecule has 1 fully saturated rings. The van der Waals surface area contributed by atoms with Gasteiger partial charge in [0, 0.05) is 24.1 Å². The van der Waals surface area contributed by atoms with Gasteiger partial charge in [0.05, 0.1) is 0 Å². The van der Waals surface area contributed by atoms with Crippen molar-refractivity contribution in [1.82, 2.24) is 5.32 Å². The molecule has 2 rings (SSSR count). The fraction of sp³-hybridized carbons (Fsp3) is 0.692. The highest BCUT2D eigenvalue weighted by molar-refractivity contribution is 7.10. The highest BCUT2D eigenvalue weighted by atomic mass is 32.1. The minimum absolute atomic E-state index is 0.527. The van der Waals surface area contributed by atoms with E-state index in [1.165, 1.54) is 23.3 Å². The summed E-state index contributed by atoms with van der Waals surface area (Å²) in [7, 11) is 2.08. The van der Waals surface area contributed by atoms with Crippen molar-refractivity contribution in [3.05, 3.63) is 21.9 Å². The zero-order chi connectivity index (χ0) is 11.4. The van der Waals surface area contributed by atoms with Gasteiger partial charge in [-0.05, 0) is 49.2 Å². The summed E-state index contributed by atoms with van der Waals surface area (Å²) in [5.41, 5.74) is 1.51.